The van der Waals surface area contributed by atoms with Crippen LogP contribution in [0.2, 0.25) is 0 Å². The van der Waals surface area contributed by atoms with Gasteiger partial charge in [0.05, 0.1) is 11.5 Å². The minimum Gasteiger partial charge on any atom is -0.494 e. The van der Waals surface area contributed by atoms with Crippen molar-refractivity contribution in [1.29, 1.82) is 0 Å². The highest BCUT2D eigenvalue weighted by Crippen LogP contribution is 2.35. The van der Waals surface area contributed by atoms with Crippen molar-refractivity contribution >= 4 is 46.3 Å². The normalized spacial score (nSPS) is 16.5. The predicted molar refractivity (Wildman–Crippen MR) is 127 cm³/mol. The molecule has 1 unspecified atom stereocenters. The van der Waals surface area contributed by atoms with Crippen molar-refractivity contribution in [2.24, 2.45) is 5.92 Å². The van der Waals surface area contributed by atoms with Crippen molar-refractivity contribution in [1.82, 2.24) is 4.90 Å². The molecule has 0 radical (unpaired) electrons. The second-order valence-corrected chi connectivity index (χ2v) is 9.44. The first-order chi connectivity index (χ1) is 14.3. The smallest absolute Gasteiger partial charge is 0.327 e. The van der Waals surface area contributed by atoms with E-state index < -0.39 is 12.0 Å². The molecule has 0 spiro atoms. The zero-order valence-corrected chi connectivity index (χ0v) is 19.6. The zero-order valence-electron chi connectivity index (χ0n) is 17.9. The number of rotatable bonds is 12. The number of hydrogen-bond acceptors (Lipinski definition) is 5. The molecule has 0 bridgehead atoms. The number of ether oxygens (including phenoxy) is 1. The number of carbonyl (C=O) groups is 2. The number of carboxylic acids is 1. The number of aliphatic carboxylic acids is 1. The van der Waals surface area contributed by atoms with E-state index in [2.05, 4.69) is 6.92 Å². The molecule has 0 saturated carbocycles. The van der Waals surface area contributed by atoms with Gasteiger partial charge in [0.1, 0.15) is 16.1 Å². The lowest BCUT2D eigenvalue weighted by atomic mass is 10.0. The number of nitrogens with zero attached hydrogens (tertiary/aromatic N) is 1. The first-order valence-corrected chi connectivity index (χ1v) is 11.8. The van der Waals surface area contributed by atoms with Gasteiger partial charge in [-0.15, -0.1) is 0 Å². The lowest BCUT2D eigenvalue weighted by Gasteiger charge is -2.26. The standard InChI is InChI=1S/C23H31NO4S2/c1-4-5-6-7-8-9-14-28-18-12-10-17(11-13-18)15-19-21(25)24(23(29)30-19)20(16(2)3)22(26)27/h10-13,15-16,20H,4-9,14H2,1-3H3,(H,26,27). The van der Waals surface area contributed by atoms with Crippen LogP contribution in [0.5, 0.6) is 5.75 Å². The Morgan fingerprint density at radius 1 is 1.17 bits per heavy atom. The molecule has 1 N–H and O–H groups in total. The maximum atomic E-state index is 12.8. The fraction of sp³-hybridized carbons (Fsp3) is 0.522. The van der Waals surface area contributed by atoms with Gasteiger partial charge in [-0.05, 0) is 36.1 Å². The highest BCUT2D eigenvalue weighted by molar-refractivity contribution is 8.26. The van der Waals surface area contributed by atoms with E-state index in [0.29, 0.717) is 11.5 Å². The third-order valence-corrected chi connectivity index (χ3v) is 6.26. The third-order valence-electron chi connectivity index (χ3n) is 4.93. The minimum absolute atomic E-state index is 0.243. The summed E-state index contributed by atoms with van der Waals surface area (Å²) in [5.74, 6) is -0.838. The van der Waals surface area contributed by atoms with Crippen LogP contribution in [-0.4, -0.2) is 38.9 Å². The van der Waals surface area contributed by atoms with Gasteiger partial charge in [-0.3, -0.25) is 9.69 Å². The van der Waals surface area contributed by atoms with Crippen LogP contribution >= 0.6 is 24.0 Å². The maximum absolute atomic E-state index is 12.8. The molecule has 1 aliphatic rings. The Morgan fingerprint density at radius 2 is 1.80 bits per heavy atom. The molecular weight excluding hydrogens is 418 g/mol. The molecule has 0 aromatic heterocycles. The van der Waals surface area contributed by atoms with E-state index in [1.165, 1.54) is 37.0 Å². The number of amides is 1. The molecule has 7 heteroatoms. The zero-order chi connectivity index (χ0) is 22.1. The van der Waals surface area contributed by atoms with Gasteiger partial charge in [0, 0.05) is 0 Å². The van der Waals surface area contributed by atoms with Crippen LogP contribution in [0, 0.1) is 5.92 Å². The molecule has 1 heterocycles. The number of benzene rings is 1. The van der Waals surface area contributed by atoms with Crippen molar-refractivity contribution < 1.29 is 19.4 Å². The predicted octanol–water partition coefficient (Wildman–Crippen LogP) is 5.74. The topological polar surface area (TPSA) is 66.8 Å². The molecule has 164 valence electrons. The number of unbranched alkanes of at least 4 members (excludes halogenated alkanes) is 5. The largest absolute Gasteiger partial charge is 0.494 e. The van der Waals surface area contributed by atoms with Crippen molar-refractivity contribution in [3.05, 3.63) is 34.7 Å². The molecule has 1 amide bonds. The molecule has 0 aliphatic carbocycles. The molecule has 5 nitrogen and oxygen atoms in total. The lowest BCUT2D eigenvalue weighted by Crippen LogP contribution is -2.47. The first kappa shape index (κ1) is 24.4. The van der Waals surface area contributed by atoms with E-state index in [0.717, 1.165) is 29.5 Å². The highest BCUT2D eigenvalue weighted by Gasteiger charge is 2.41. The molecule has 30 heavy (non-hydrogen) atoms. The van der Waals surface area contributed by atoms with E-state index in [9.17, 15) is 14.7 Å². The van der Waals surface area contributed by atoms with E-state index >= 15 is 0 Å². The number of thiocarbonyl (C=S) groups is 1. The number of carboxylic acid groups (broad SMARTS) is 1. The SMILES string of the molecule is CCCCCCCCOc1ccc(C=C2SC(=S)N(C(C(=O)O)C(C)C)C2=O)cc1. The number of carbonyl (C=O) groups excluding carboxylic acids is 1. The molecule has 2 rings (SSSR count). The van der Waals surface area contributed by atoms with Gasteiger partial charge >= 0.3 is 5.97 Å². The van der Waals surface area contributed by atoms with E-state index in [1.54, 1.807) is 19.9 Å². The van der Waals surface area contributed by atoms with Crippen LogP contribution in [0.1, 0.15) is 64.9 Å². The van der Waals surface area contributed by atoms with E-state index in [1.807, 2.05) is 24.3 Å². The number of thioether (sulfide) groups is 1. The second-order valence-electron chi connectivity index (χ2n) is 7.76. The summed E-state index contributed by atoms with van der Waals surface area (Å²) in [6.07, 6.45) is 9.09. The Balaban J connectivity index is 1.93. The summed E-state index contributed by atoms with van der Waals surface area (Å²) in [6.45, 7) is 6.46. The fourth-order valence-electron chi connectivity index (χ4n) is 3.30. The Hall–Kier alpha value is -1.86. The van der Waals surface area contributed by atoms with Crippen molar-refractivity contribution in [3.8, 4) is 5.75 Å². The Labute approximate surface area is 188 Å². The third kappa shape index (κ3) is 6.84. The summed E-state index contributed by atoms with van der Waals surface area (Å²) < 4.78 is 6.07. The van der Waals surface area contributed by atoms with Crippen LogP contribution in [0.3, 0.4) is 0 Å². The second kappa shape index (κ2) is 12.1. The minimum atomic E-state index is -1.05. The van der Waals surface area contributed by atoms with Crippen molar-refractivity contribution in [2.75, 3.05) is 6.61 Å². The molecular formula is C23H31NO4S2. The summed E-state index contributed by atoms with van der Waals surface area (Å²) in [5.41, 5.74) is 0.846. The van der Waals surface area contributed by atoms with Crippen LogP contribution in [0.4, 0.5) is 0 Å². The van der Waals surface area contributed by atoms with Crippen LogP contribution < -0.4 is 4.74 Å². The quantitative estimate of drug-likeness (QED) is 0.249. The molecule has 1 atom stereocenters. The molecule has 1 aromatic rings. The summed E-state index contributed by atoms with van der Waals surface area (Å²) in [6, 6.07) is 6.59. The summed E-state index contributed by atoms with van der Waals surface area (Å²) in [5, 5.41) is 9.49. The average molecular weight is 450 g/mol. The fourth-order valence-corrected chi connectivity index (χ4v) is 4.63. The van der Waals surface area contributed by atoms with Gasteiger partial charge in [0.25, 0.3) is 5.91 Å². The van der Waals surface area contributed by atoms with Gasteiger partial charge < -0.3 is 9.84 Å². The van der Waals surface area contributed by atoms with E-state index in [4.69, 9.17) is 17.0 Å². The van der Waals surface area contributed by atoms with Gasteiger partial charge in [0.15, 0.2) is 0 Å². The Morgan fingerprint density at radius 3 is 2.40 bits per heavy atom. The average Bonchev–Trinajstić information content (AvgIpc) is 2.96. The maximum Gasteiger partial charge on any atom is 0.327 e. The van der Waals surface area contributed by atoms with E-state index in [-0.39, 0.29) is 16.1 Å². The van der Waals surface area contributed by atoms with Crippen molar-refractivity contribution in [3.63, 3.8) is 0 Å². The van der Waals surface area contributed by atoms with Crippen molar-refractivity contribution in [2.45, 2.75) is 65.3 Å². The van der Waals surface area contributed by atoms with Crippen LogP contribution in [0.25, 0.3) is 6.08 Å². The summed E-state index contributed by atoms with van der Waals surface area (Å²) in [4.78, 5) is 26.0. The molecule has 1 fully saturated rings. The monoisotopic (exact) mass is 449 g/mol. The lowest BCUT2D eigenvalue weighted by molar-refractivity contribution is -0.146. The molecule has 1 saturated heterocycles. The van der Waals surface area contributed by atoms with Crippen LogP contribution in [0.15, 0.2) is 29.2 Å². The Kier molecular flexibility index (Phi) is 9.85. The number of hydrogen-bond donors (Lipinski definition) is 1. The van der Waals surface area contributed by atoms with Gasteiger partial charge in [0.2, 0.25) is 0 Å². The van der Waals surface area contributed by atoms with Crippen LogP contribution in [-0.2, 0) is 9.59 Å². The molecule has 1 aliphatic heterocycles. The Bertz CT molecular complexity index is 774. The van der Waals surface area contributed by atoms with Gasteiger partial charge in [-0.25, -0.2) is 4.79 Å². The first-order valence-electron chi connectivity index (χ1n) is 10.6. The molecule has 1 aromatic carbocycles. The van der Waals surface area contributed by atoms with Gasteiger partial charge in [-0.2, -0.15) is 0 Å². The summed E-state index contributed by atoms with van der Waals surface area (Å²) in [7, 11) is 0. The van der Waals surface area contributed by atoms with Gasteiger partial charge in [-0.1, -0.05) is 89.0 Å². The summed E-state index contributed by atoms with van der Waals surface area (Å²) >= 11 is 6.43. The highest BCUT2D eigenvalue weighted by atomic mass is 32.2.